The van der Waals surface area contributed by atoms with E-state index in [1.807, 2.05) is 6.92 Å². The number of fused-ring (bicyclic) bond motifs is 1. The fourth-order valence-corrected chi connectivity index (χ4v) is 3.84. The van der Waals surface area contributed by atoms with Gasteiger partial charge in [0.05, 0.1) is 36.6 Å². The van der Waals surface area contributed by atoms with E-state index in [9.17, 15) is 14.7 Å². The van der Waals surface area contributed by atoms with Gasteiger partial charge in [-0.05, 0) is 25.1 Å². The molecule has 0 fully saturated rings. The monoisotopic (exact) mass is 496 g/mol. The van der Waals surface area contributed by atoms with Crippen molar-refractivity contribution in [3.8, 4) is 17.4 Å². The maximum atomic E-state index is 13.5. The highest BCUT2D eigenvalue weighted by Crippen LogP contribution is 2.26. The highest BCUT2D eigenvalue weighted by Gasteiger charge is 2.23. The van der Waals surface area contributed by atoms with Crippen LogP contribution in [0.5, 0.6) is 5.88 Å². The van der Waals surface area contributed by atoms with Crippen molar-refractivity contribution in [3.05, 3.63) is 52.7 Å². The molecule has 0 aliphatic heterocycles. The second-order valence-corrected chi connectivity index (χ2v) is 8.49. The molecule has 0 bridgehead atoms. The van der Waals surface area contributed by atoms with Crippen LogP contribution in [0.25, 0.3) is 22.4 Å². The Morgan fingerprint density at radius 3 is 2.69 bits per heavy atom. The van der Waals surface area contributed by atoms with Crippen molar-refractivity contribution in [1.29, 1.82) is 0 Å². The fourth-order valence-electron chi connectivity index (χ4n) is 3.67. The molecule has 2 N–H and O–H groups in total. The molecule has 0 radical (unpaired) electrons. The first-order valence-electron chi connectivity index (χ1n) is 10.9. The van der Waals surface area contributed by atoms with Gasteiger partial charge in [0.25, 0.3) is 5.91 Å². The van der Waals surface area contributed by atoms with Crippen LogP contribution in [-0.2, 0) is 31.5 Å². The number of rotatable bonds is 7. The summed E-state index contributed by atoms with van der Waals surface area (Å²) in [5.41, 5.74) is 1.82. The zero-order chi connectivity index (χ0) is 25.3. The van der Waals surface area contributed by atoms with Gasteiger partial charge in [-0.2, -0.15) is 5.10 Å². The average molecular weight is 497 g/mol. The summed E-state index contributed by atoms with van der Waals surface area (Å²) >= 11 is 6.22. The minimum absolute atomic E-state index is 0.0185. The van der Waals surface area contributed by atoms with E-state index in [-0.39, 0.29) is 36.5 Å². The topological polar surface area (TPSA) is 131 Å². The molecule has 182 valence electrons. The van der Waals surface area contributed by atoms with Gasteiger partial charge in [0.2, 0.25) is 11.8 Å². The predicted molar refractivity (Wildman–Crippen MR) is 130 cm³/mol. The first-order chi connectivity index (χ1) is 16.7. The van der Waals surface area contributed by atoms with Crippen LogP contribution in [0.4, 0.5) is 0 Å². The number of hydrogen-bond donors (Lipinski definition) is 2. The van der Waals surface area contributed by atoms with Crippen molar-refractivity contribution in [2.24, 2.45) is 7.05 Å². The van der Waals surface area contributed by atoms with Crippen molar-refractivity contribution in [3.63, 3.8) is 0 Å². The van der Waals surface area contributed by atoms with E-state index in [2.05, 4.69) is 25.4 Å². The van der Waals surface area contributed by atoms with Crippen molar-refractivity contribution in [2.45, 2.75) is 33.5 Å². The number of nitrogens with zero attached hydrogens (tertiary/aromatic N) is 7. The van der Waals surface area contributed by atoms with Crippen LogP contribution >= 0.6 is 11.6 Å². The Morgan fingerprint density at radius 1 is 1.23 bits per heavy atom. The third-order valence-electron chi connectivity index (χ3n) is 5.61. The quantitative estimate of drug-likeness (QED) is 0.402. The molecule has 0 saturated heterocycles. The summed E-state index contributed by atoms with van der Waals surface area (Å²) in [6.07, 6.45) is 3.14. The molecule has 0 unspecified atom stereocenters. The van der Waals surface area contributed by atoms with Crippen LogP contribution in [0.1, 0.15) is 35.7 Å². The van der Waals surface area contributed by atoms with Gasteiger partial charge in [-0.15, -0.1) is 0 Å². The lowest BCUT2D eigenvalue weighted by molar-refractivity contribution is -0.119. The summed E-state index contributed by atoms with van der Waals surface area (Å²) < 4.78 is 3.22. The van der Waals surface area contributed by atoms with Gasteiger partial charge in [0, 0.05) is 38.0 Å². The molecule has 0 aliphatic carbocycles. The summed E-state index contributed by atoms with van der Waals surface area (Å²) in [7, 11) is 3.41. The average Bonchev–Trinajstić information content (AvgIpc) is 3.38. The number of nitrogens with one attached hydrogen (secondary N) is 1. The first-order valence-corrected chi connectivity index (χ1v) is 11.3. The normalized spacial score (nSPS) is 11.1. The number of aromatic nitrogens is 6. The molecular formula is C23H25ClN8O3. The standard InChI is InChI=1S/C23H25ClN8O3/c1-5-32-22(34)14(9-27-32)12-30(3)23(35)20-16-8-15(24)6-7-17(16)28-21(29-20)18-10-26-19(31(18)4)11-25-13(2)33/h6-10,34H,5,11-12H2,1-4H3,(H,25,33). The molecule has 4 aromatic rings. The maximum Gasteiger partial charge on any atom is 0.273 e. The number of halogens is 1. The van der Waals surface area contributed by atoms with Crippen molar-refractivity contribution < 1.29 is 14.7 Å². The minimum Gasteiger partial charge on any atom is -0.493 e. The molecule has 12 heteroatoms. The zero-order valence-electron chi connectivity index (χ0n) is 19.8. The molecule has 0 spiro atoms. The molecule has 1 aromatic carbocycles. The van der Waals surface area contributed by atoms with Crippen LogP contribution in [0.3, 0.4) is 0 Å². The summed E-state index contributed by atoms with van der Waals surface area (Å²) in [5, 5.41) is 18.1. The lowest BCUT2D eigenvalue weighted by atomic mass is 10.1. The Hall–Kier alpha value is -3.99. The number of hydrogen-bond acceptors (Lipinski definition) is 7. The van der Waals surface area contributed by atoms with Crippen molar-refractivity contribution >= 4 is 34.3 Å². The Bertz CT molecular complexity index is 1430. The third-order valence-corrected chi connectivity index (χ3v) is 5.84. The number of imidazole rings is 1. The number of aromatic hydroxyl groups is 1. The fraction of sp³-hybridized carbons (Fsp3) is 0.304. The maximum absolute atomic E-state index is 13.5. The Labute approximate surface area is 206 Å². The second-order valence-electron chi connectivity index (χ2n) is 8.06. The van der Waals surface area contributed by atoms with E-state index in [4.69, 9.17) is 11.6 Å². The van der Waals surface area contributed by atoms with Crippen LogP contribution in [0.2, 0.25) is 5.02 Å². The van der Waals surface area contributed by atoms with Gasteiger partial charge in [-0.1, -0.05) is 11.6 Å². The lowest BCUT2D eigenvalue weighted by Crippen LogP contribution is -2.27. The smallest absolute Gasteiger partial charge is 0.273 e. The van der Waals surface area contributed by atoms with E-state index < -0.39 is 0 Å². The summed E-state index contributed by atoms with van der Waals surface area (Å²) in [4.78, 5) is 39.8. The van der Waals surface area contributed by atoms with Gasteiger partial charge in [0.15, 0.2) is 5.82 Å². The van der Waals surface area contributed by atoms with Crippen LogP contribution in [0, 0.1) is 0 Å². The molecular weight excluding hydrogens is 472 g/mol. The Balaban J connectivity index is 1.74. The highest BCUT2D eigenvalue weighted by atomic mass is 35.5. The van der Waals surface area contributed by atoms with E-state index >= 15 is 0 Å². The van der Waals surface area contributed by atoms with E-state index in [0.29, 0.717) is 45.4 Å². The van der Waals surface area contributed by atoms with Crippen LogP contribution < -0.4 is 5.32 Å². The van der Waals surface area contributed by atoms with E-state index in [0.717, 1.165) is 0 Å². The molecule has 3 aromatic heterocycles. The lowest BCUT2D eigenvalue weighted by Gasteiger charge is -2.18. The Kier molecular flexibility index (Phi) is 6.70. The van der Waals surface area contributed by atoms with Gasteiger partial charge in [-0.3, -0.25) is 9.59 Å². The van der Waals surface area contributed by atoms with Crippen molar-refractivity contribution in [1.82, 2.24) is 39.5 Å². The van der Waals surface area contributed by atoms with Crippen molar-refractivity contribution in [2.75, 3.05) is 7.05 Å². The SMILES string of the molecule is CCn1ncc(CN(C)C(=O)c2nc(-c3cnc(CNC(C)=O)n3C)nc3ccc(Cl)cc23)c1O. The van der Waals surface area contributed by atoms with E-state index in [1.165, 1.54) is 22.7 Å². The number of carbonyl (C=O) groups excluding carboxylic acids is 2. The second kappa shape index (κ2) is 9.71. The number of amides is 2. The van der Waals surface area contributed by atoms with Gasteiger partial charge in [-0.25, -0.2) is 19.6 Å². The van der Waals surface area contributed by atoms with Gasteiger partial charge in [0.1, 0.15) is 17.2 Å². The Morgan fingerprint density at radius 2 is 2.00 bits per heavy atom. The largest absolute Gasteiger partial charge is 0.493 e. The first kappa shape index (κ1) is 24.1. The van der Waals surface area contributed by atoms with Gasteiger partial charge >= 0.3 is 0 Å². The molecule has 0 aliphatic rings. The molecule has 2 amide bonds. The summed E-state index contributed by atoms with van der Waals surface area (Å²) in [6, 6.07) is 5.08. The van der Waals surface area contributed by atoms with Gasteiger partial charge < -0.3 is 19.9 Å². The van der Waals surface area contributed by atoms with Crippen LogP contribution in [0.15, 0.2) is 30.6 Å². The predicted octanol–water partition coefficient (Wildman–Crippen LogP) is 2.51. The molecule has 0 saturated carbocycles. The third kappa shape index (κ3) is 4.80. The molecule has 0 atom stereocenters. The summed E-state index contributed by atoms with van der Waals surface area (Å²) in [5.74, 6) is 0.403. The minimum atomic E-state index is -0.370. The molecule has 35 heavy (non-hydrogen) atoms. The molecule has 11 nitrogen and oxygen atoms in total. The zero-order valence-corrected chi connectivity index (χ0v) is 20.5. The molecule has 3 heterocycles. The highest BCUT2D eigenvalue weighted by molar-refractivity contribution is 6.31. The van der Waals surface area contributed by atoms with Crippen LogP contribution in [-0.4, -0.2) is 58.2 Å². The molecule has 4 rings (SSSR count). The van der Waals surface area contributed by atoms with E-state index in [1.54, 1.807) is 43.1 Å². The number of carbonyl (C=O) groups is 2. The summed E-state index contributed by atoms with van der Waals surface area (Å²) in [6.45, 7) is 4.19. The number of benzene rings is 1. The number of aryl methyl sites for hydroxylation is 1.